The summed E-state index contributed by atoms with van der Waals surface area (Å²) in [5, 5.41) is 6.06. The number of hydrogen-bond donors (Lipinski definition) is 2. The largest absolute Gasteiger partial charge is 0.373 e. The number of anilines is 2. The highest BCUT2D eigenvalue weighted by Gasteiger charge is 2.14. The van der Waals surface area contributed by atoms with Crippen LogP contribution in [0, 0.1) is 13.8 Å². The third-order valence-corrected chi connectivity index (χ3v) is 3.26. The molecule has 0 radical (unpaired) electrons. The van der Waals surface area contributed by atoms with E-state index in [1.807, 2.05) is 32.0 Å². The summed E-state index contributed by atoms with van der Waals surface area (Å²) in [6.45, 7) is 3.91. The van der Waals surface area contributed by atoms with Crippen molar-refractivity contribution in [3.63, 3.8) is 0 Å². The Hall–Kier alpha value is -2.07. The zero-order valence-electron chi connectivity index (χ0n) is 11.6. The highest BCUT2D eigenvalue weighted by atomic mass is 35.5. The molecule has 1 aromatic carbocycles. The molecule has 0 aliphatic carbocycles. The predicted molar refractivity (Wildman–Crippen MR) is 82.7 cm³/mol. The highest BCUT2D eigenvalue weighted by Crippen LogP contribution is 2.20. The molecule has 20 heavy (non-hydrogen) atoms. The van der Waals surface area contributed by atoms with Gasteiger partial charge in [0.1, 0.15) is 11.5 Å². The van der Waals surface area contributed by atoms with Crippen LogP contribution in [0.5, 0.6) is 0 Å². The van der Waals surface area contributed by atoms with Crippen molar-refractivity contribution in [3.05, 3.63) is 52.2 Å². The van der Waals surface area contributed by atoms with Crippen LogP contribution in [0.25, 0.3) is 0 Å². The lowest BCUT2D eigenvalue weighted by atomic mass is 10.1. The normalized spacial score (nSPS) is 10.2. The maximum absolute atomic E-state index is 12.3. The number of amides is 1. The molecule has 0 aliphatic rings. The predicted octanol–water partition coefficient (Wildman–Crippen LogP) is 3.65. The zero-order valence-corrected chi connectivity index (χ0v) is 12.4. The van der Waals surface area contributed by atoms with Crippen molar-refractivity contribution in [2.75, 3.05) is 17.7 Å². The number of nitrogens with zero attached hydrogens (tertiary/aromatic N) is 1. The molecule has 4 nitrogen and oxygen atoms in total. The third-order valence-electron chi connectivity index (χ3n) is 2.96. The zero-order chi connectivity index (χ0) is 14.7. The number of carbonyl (C=O) groups is 1. The number of halogens is 1. The summed E-state index contributed by atoms with van der Waals surface area (Å²) >= 11 is 6.03. The van der Waals surface area contributed by atoms with E-state index in [4.69, 9.17) is 11.6 Å². The van der Waals surface area contributed by atoms with Gasteiger partial charge in [0.25, 0.3) is 5.91 Å². The number of hydrogen-bond acceptors (Lipinski definition) is 3. The van der Waals surface area contributed by atoms with Crippen LogP contribution in [-0.4, -0.2) is 17.9 Å². The van der Waals surface area contributed by atoms with Gasteiger partial charge in [0.15, 0.2) is 0 Å². The summed E-state index contributed by atoms with van der Waals surface area (Å²) in [5.74, 6) is 0.279. The van der Waals surface area contributed by atoms with E-state index in [1.54, 1.807) is 19.2 Å². The average molecular weight is 290 g/mol. The molecule has 2 rings (SSSR count). The molecule has 0 unspecified atom stereocenters. The van der Waals surface area contributed by atoms with Gasteiger partial charge in [-0.15, -0.1) is 0 Å². The van der Waals surface area contributed by atoms with E-state index >= 15 is 0 Å². The summed E-state index contributed by atoms with van der Waals surface area (Å²) < 4.78 is 0. The van der Waals surface area contributed by atoms with Crippen LogP contribution in [-0.2, 0) is 0 Å². The molecule has 0 fully saturated rings. The molecule has 0 spiro atoms. The van der Waals surface area contributed by atoms with E-state index in [-0.39, 0.29) is 11.6 Å². The van der Waals surface area contributed by atoms with Gasteiger partial charge in [-0.25, -0.2) is 4.98 Å². The minimum Gasteiger partial charge on any atom is -0.373 e. The quantitative estimate of drug-likeness (QED) is 0.907. The van der Waals surface area contributed by atoms with Crippen LogP contribution >= 0.6 is 11.6 Å². The van der Waals surface area contributed by atoms with Gasteiger partial charge in [0.05, 0.1) is 5.02 Å². The van der Waals surface area contributed by atoms with Crippen molar-refractivity contribution >= 4 is 29.0 Å². The van der Waals surface area contributed by atoms with Gasteiger partial charge in [0, 0.05) is 12.7 Å². The summed E-state index contributed by atoms with van der Waals surface area (Å²) in [7, 11) is 1.74. The van der Waals surface area contributed by atoms with Crippen LogP contribution in [0.1, 0.15) is 21.6 Å². The van der Waals surface area contributed by atoms with Crippen LogP contribution in [0.15, 0.2) is 30.3 Å². The fourth-order valence-corrected chi connectivity index (χ4v) is 1.98. The van der Waals surface area contributed by atoms with Crippen molar-refractivity contribution in [2.24, 2.45) is 0 Å². The number of aromatic nitrogens is 1. The molecule has 1 heterocycles. The highest BCUT2D eigenvalue weighted by molar-refractivity contribution is 6.34. The van der Waals surface area contributed by atoms with Crippen molar-refractivity contribution < 1.29 is 4.79 Å². The van der Waals surface area contributed by atoms with E-state index in [1.165, 1.54) is 0 Å². The lowest BCUT2D eigenvalue weighted by molar-refractivity contribution is 0.102. The lowest BCUT2D eigenvalue weighted by Crippen LogP contribution is -2.15. The Bertz CT molecular complexity index is 656. The average Bonchev–Trinajstić information content (AvgIpc) is 2.43. The first-order chi connectivity index (χ1) is 9.51. The van der Waals surface area contributed by atoms with E-state index in [0.29, 0.717) is 10.8 Å². The Kier molecular flexibility index (Phi) is 4.25. The molecular weight excluding hydrogens is 274 g/mol. The second-order valence-corrected chi connectivity index (χ2v) is 4.96. The molecule has 104 valence electrons. The second kappa shape index (κ2) is 5.92. The molecule has 0 saturated heterocycles. The molecule has 0 saturated carbocycles. The Balaban J connectivity index is 2.30. The van der Waals surface area contributed by atoms with Crippen molar-refractivity contribution in [3.8, 4) is 0 Å². The van der Waals surface area contributed by atoms with Gasteiger partial charge in [-0.2, -0.15) is 0 Å². The van der Waals surface area contributed by atoms with Crippen molar-refractivity contribution in [1.82, 2.24) is 4.98 Å². The first-order valence-electron chi connectivity index (χ1n) is 6.24. The maximum atomic E-state index is 12.3. The number of carbonyl (C=O) groups excluding carboxylic acids is 1. The van der Waals surface area contributed by atoms with Gasteiger partial charge < -0.3 is 10.6 Å². The number of nitrogens with one attached hydrogen (secondary N) is 2. The summed E-state index contributed by atoms with van der Waals surface area (Å²) in [6.07, 6.45) is 0. The van der Waals surface area contributed by atoms with E-state index in [0.717, 1.165) is 16.8 Å². The van der Waals surface area contributed by atoms with Crippen LogP contribution < -0.4 is 10.6 Å². The lowest BCUT2D eigenvalue weighted by Gasteiger charge is -2.10. The van der Waals surface area contributed by atoms with E-state index < -0.39 is 0 Å². The fraction of sp³-hybridized carbons (Fsp3) is 0.200. The molecule has 0 bridgehead atoms. The molecular formula is C15H16ClN3O. The van der Waals surface area contributed by atoms with Gasteiger partial charge in [-0.1, -0.05) is 23.7 Å². The SMILES string of the molecule is CNc1ccc(Cl)c(C(=O)Nc2cc(C)ccc2C)n1. The third kappa shape index (κ3) is 3.08. The topological polar surface area (TPSA) is 54.0 Å². The number of benzene rings is 1. The first kappa shape index (κ1) is 14.3. The minimum atomic E-state index is -0.319. The van der Waals surface area contributed by atoms with Crippen LogP contribution in [0.2, 0.25) is 5.02 Å². The molecule has 2 N–H and O–H groups in total. The summed E-state index contributed by atoms with van der Waals surface area (Å²) in [6, 6.07) is 9.25. The van der Waals surface area contributed by atoms with Gasteiger partial charge in [0.2, 0.25) is 0 Å². The van der Waals surface area contributed by atoms with Crippen LogP contribution in [0.3, 0.4) is 0 Å². The molecule has 1 aromatic heterocycles. The van der Waals surface area contributed by atoms with Crippen molar-refractivity contribution in [1.29, 1.82) is 0 Å². The molecule has 2 aromatic rings. The van der Waals surface area contributed by atoms with Gasteiger partial charge >= 0.3 is 0 Å². The molecule has 0 aliphatic heterocycles. The van der Waals surface area contributed by atoms with Gasteiger partial charge in [-0.3, -0.25) is 4.79 Å². The number of rotatable bonds is 3. The first-order valence-corrected chi connectivity index (χ1v) is 6.62. The molecule has 5 heteroatoms. The van der Waals surface area contributed by atoms with Crippen LogP contribution in [0.4, 0.5) is 11.5 Å². The van der Waals surface area contributed by atoms with Crippen molar-refractivity contribution in [2.45, 2.75) is 13.8 Å². The number of aryl methyl sites for hydroxylation is 2. The van der Waals surface area contributed by atoms with E-state index in [2.05, 4.69) is 15.6 Å². The second-order valence-electron chi connectivity index (χ2n) is 4.55. The molecule has 0 atom stereocenters. The standard InChI is InChI=1S/C15H16ClN3O/c1-9-4-5-10(2)12(8-9)18-15(20)14-11(16)6-7-13(17-3)19-14/h4-8H,1-3H3,(H,17,19)(H,18,20). The summed E-state index contributed by atoms with van der Waals surface area (Å²) in [4.78, 5) is 16.5. The monoisotopic (exact) mass is 289 g/mol. The fourth-order valence-electron chi connectivity index (χ4n) is 1.79. The van der Waals surface area contributed by atoms with Gasteiger partial charge in [-0.05, 0) is 43.2 Å². The molecule has 1 amide bonds. The summed E-state index contributed by atoms with van der Waals surface area (Å²) in [5.41, 5.74) is 3.04. The number of pyridine rings is 1. The maximum Gasteiger partial charge on any atom is 0.275 e. The Morgan fingerprint density at radius 2 is 1.95 bits per heavy atom. The van der Waals surface area contributed by atoms with E-state index in [9.17, 15) is 4.79 Å². The minimum absolute atomic E-state index is 0.208. The Morgan fingerprint density at radius 3 is 2.65 bits per heavy atom. The Morgan fingerprint density at radius 1 is 1.20 bits per heavy atom. The smallest absolute Gasteiger partial charge is 0.275 e. The Labute approximate surface area is 123 Å².